The Morgan fingerprint density at radius 2 is 1.59 bits per heavy atom. The molecular formula is C33H40N2O4. The van der Waals surface area contributed by atoms with Crippen molar-refractivity contribution < 1.29 is 14.3 Å². The van der Waals surface area contributed by atoms with E-state index in [0.717, 1.165) is 47.4 Å². The van der Waals surface area contributed by atoms with E-state index in [-0.39, 0.29) is 5.76 Å². The fourth-order valence-corrected chi connectivity index (χ4v) is 4.57. The van der Waals surface area contributed by atoms with E-state index in [1.54, 1.807) is 12.1 Å². The zero-order valence-corrected chi connectivity index (χ0v) is 23.6. The summed E-state index contributed by atoms with van der Waals surface area (Å²) in [6.45, 7) is 8.18. The zero-order valence-electron chi connectivity index (χ0n) is 23.6. The van der Waals surface area contributed by atoms with E-state index in [0.29, 0.717) is 17.6 Å². The van der Waals surface area contributed by atoms with Gasteiger partial charge in [0.25, 0.3) is 0 Å². The van der Waals surface area contributed by atoms with Gasteiger partial charge in [-0.3, -0.25) is 9.69 Å². The zero-order chi connectivity index (χ0) is 27.8. The summed E-state index contributed by atoms with van der Waals surface area (Å²) in [6, 6.07) is 17.4. The normalized spacial score (nSPS) is 11.7. The number of hydrogen-bond acceptors (Lipinski definition) is 6. The molecule has 4 rings (SSSR count). The van der Waals surface area contributed by atoms with Crippen LogP contribution in [0.3, 0.4) is 0 Å². The fourth-order valence-electron chi connectivity index (χ4n) is 4.57. The third-order valence-electron chi connectivity index (χ3n) is 6.99. The van der Waals surface area contributed by atoms with E-state index in [1.807, 2.05) is 73.6 Å². The van der Waals surface area contributed by atoms with Gasteiger partial charge in [0, 0.05) is 26.3 Å². The number of benzene rings is 3. The Hall–Kier alpha value is -3.77. The van der Waals surface area contributed by atoms with Gasteiger partial charge in [0.2, 0.25) is 11.2 Å². The van der Waals surface area contributed by atoms with Gasteiger partial charge >= 0.3 is 0 Å². The Labute approximate surface area is 231 Å². The molecule has 0 unspecified atom stereocenters. The van der Waals surface area contributed by atoms with Crippen LogP contribution in [0.5, 0.6) is 11.5 Å². The molecule has 0 atom stereocenters. The maximum absolute atomic E-state index is 13.0. The van der Waals surface area contributed by atoms with Gasteiger partial charge in [-0.05, 0) is 84.7 Å². The van der Waals surface area contributed by atoms with E-state index in [1.165, 1.54) is 25.7 Å². The van der Waals surface area contributed by atoms with E-state index >= 15 is 0 Å². The maximum Gasteiger partial charge on any atom is 0.235 e. The van der Waals surface area contributed by atoms with Crippen LogP contribution in [0, 0.1) is 0 Å². The van der Waals surface area contributed by atoms with Gasteiger partial charge < -0.3 is 19.2 Å². The number of aromatic hydroxyl groups is 1. The van der Waals surface area contributed by atoms with Crippen molar-refractivity contribution in [2.45, 2.75) is 39.5 Å². The molecule has 6 heteroatoms. The summed E-state index contributed by atoms with van der Waals surface area (Å²) in [6.07, 6.45) is 8.24. The van der Waals surface area contributed by atoms with Gasteiger partial charge in [-0.1, -0.05) is 51.0 Å². The third kappa shape index (κ3) is 7.21. The van der Waals surface area contributed by atoms with Gasteiger partial charge in [-0.15, -0.1) is 0 Å². The second kappa shape index (κ2) is 13.3. The van der Waals surface area contributed by atoms with Crippen molar-refractivity contribution >= 4 is 39.6 Å². The molecule has 0 aliphatic rings. The molecule has 3 aromatic carbocycles. The quantitative estimate of drug-likeness (QED) is 0.186. The monoisotopic (exact) mass is 528 g/mol. The van der Waals surface area contributed by atoms with Gasteiger partial charge in [0.15, 0.2) is 5.76 Å². The van der Waals surface area contributed by atoms with E-state index in [2.05, 4.69) is 18.7 Å². The minimum absolute atomic E-state index is 0.134. The molecule has 0 amide bonds. The largest absolute Gasteiger partial charge is 0.502 e. The molecule has 4 aromatic rings. The Bertz CT molecular complexity index is 1460. The Kier molecular flexibility index (Phi) is 9.66. The SMILES string of the molecule is CCCCN(CCCC)CCOc1ccc2cc3c(=O)c(O)c(/C=C/c4ccc(N(C)C)cc4)oc3cc2c1. The number of ether oxygens (including phenoxy) is 1. The molecule has 0 spiro atoms. The highest BCUT2D eigenvalue weighted by Gasteiger charge is 2.13. The first-order valence-electron chi connectivity index (χ1n) is 13.9. The Balaban J connectivity index is 1.54. The highest BCUT2D eigenvalue weighted by Crippen LogP contribution is 2.28. The van der Waals surface area contributed by atoms with Gasteiger partial charge in [0.1, 0.15) is 17.9 Å². The summed E-state index contributed by atoms with van der Waals surface area (Å²) in [7, 11) is 3.98. The van der Waals surface area contributed by atoms with Crippen LogP contribution in [-0.4, -0.2) is 50.3 Å². The molecule has 0 saturated heterocycles. The van der Waals surface area contributed by atoms with Crippen molar-refractivity contribution in [2.24, 2.45) is 0 Å². The fraction of sp³-hybridized carbons (Fsp3) is 0.364. The highest BCUT2D eigenvalue weighted by atomic mass is 16.5. The summed E-state index contributed by atoms with van der Waals surface area (Å²) >= 11 is 0. The predicted octanol–water partition coefficient (Wildman–Crippen LogP) is 7.17. The highest BCUT2D eigenvalue weighted by molar-refractivity contribution is 5.97. The number of anilines is 1. The lowest BCUT2D eigenvalue weighted by molar-refractivity contribution is 0.204. The number of hydrogen-bond donors (Lipinski definition) is 1. The average molecular weight is 529 g/mol. The first-order valence-corrected chi connectivity index (χ1v) is 13.9. The molecule has 1 heterocycles. The van der Waals surface area contributed by atoms with Crippen LogP contribution in [0.25, 0.3) is 33.9 Å². The van der Waals surface area contributed by atoms with Crippen molar-refractivity contribution in [3.05, 3.63) is 76.1 Å². The van der Waals surface area contributed by atoms with Gasteiger partial charge in [-0.2, -0.15) is 0 Å². The molecule has 6 nitrogen and oxygen atoms in total. The van der Waals surface area contributed by atoms with Crippen molar-refractivity contribution in [2.75, 3.05) is 45.2 Å². The van der Waals surface area contributed by atoms with Crippen LogP contribution in [0.1, 0.15) is 50.9 Å². The molecule has 0 bridgehead atoms. The number of fused-ring (bicyclic) bond motifs is 2. The standard InChI is InChI=1S/C33H40N2O4/c1-5-7-17-35(18-8-6-2)19-20-38-28-15-12-25-22-29-31(23-26(25)21-28)39-30(33(37)32(29)36)16-11-24-9-13-27(14-10-24)34(3)4/h9-16,21-23,37H,5-8,17-20H2,1-4H3/b16-11+. The third-order valence-corrected chi connectivity index (χ3v) is 6.99. The van der Waals surface area contributed by atoms with Crippen molar-refractivity contribution in [3.63, 3.8) is 0 Å². The summed E-state index contributed by atoms with van der Waals surface area (Å²) in [5.74, 6) is 0.532. The van der Waals surface area contributed by atoms with Crippen LogP contribution in [0.4, 0.5) is 5.69 Å². The van der Waals surface area contributed by atoms with Crippen LogP contribution >= 0.6 is 0 Å². The molecule has 39 heavy (non-hydrogen) atoms. The van der Waals surface area contributed by atoms with Gasteiger partial charge in [-0.25, -0.2) is 0 Å². The summed E-state index contributed by atoms with van der Waals surface area (Å²) in [5.41, 5.74) is 2.01. The molecule has 1 aromatic heterocycles. The minimum atomic E-state index is -0.444. The topological polar surface area (TPSA) is 66.2 Å². The summed E-state index contributed by atoms with van der Waals surface area (Å²) in [5, 5.41) is 12.7. The molecule has 206 valence electrons. The number of nitrogens with zero attached hydrogens (tertiary/aromatic N) is 2. The molecule has 0 radical (unpaired) electrons. The maximum atomic E-state index is 13.0. The predicted molar refractivity (Wildman–Crippen MR) is 163 cm³/mol. The van der Waals surface area contributed by atoms with Crippen molar-refractivity contribution in [3.8, 4) is 11.5 Å². The second-order valence-electron chi connectivity index (χ2n) is 10.2. The smallest absolute Gasteiger partial charge is 0.235 e. The molecule has 1 N–H and O–H groups in total. The lowest BCUT2D eigenvalue weighted by Gasteiger charge is -2.22. The molecule has 0 saturated carbocycles. The van der Waals surface area contributed by atoms with E-state index in [4.69, 9.17) is 9.15 Å². The molecule has 0 fully saturated rings. The molecule has 0 aliphatic carbocycles. The lowest BCUT2D eigenvalue weighted by atomic mass is 10.1. The first-order chi connectivity index (χ1) is 18.9. The molecule has 0 aliphatic heterocycles. The van der Waals surface area contributed by atoms with Crippen molar-refractivity contribution in [1.29, 1.82) is 0 Å². The van der Waals surface area contributed by atoms with Crippen LogP contribution < -0.4 is 15.1 Å². The minimum Gasteiger partial charge on any atom is -0.502 e. The Morgan fingerprint density at radius 3 is 2.26 bits per heavy atom. The van der Waals surface area contributed by atoms with Crippen LogP contribution in [0.15, 0.2) is 63.8 Å². The van der Waals surface area contributed by atoms with Gasteiger partial charge in [0.05, 0.1) is 5.39 Å². The average Bonchev–Trinajstić information content (AvgIpc) is 2.94. The summed E-state index contributed by atoms with van der Waals surface area (Å²) < 4.78 is 12.1. The number of unbranched alkanes of at least 4 members (excludes halogenated alkanes) is 2. The van der Waals surface area contributed by atoms with E-state index < -0.39 is 11.2 Å². The van der Waals surface area contributed by atoms with Crippen molar-refractivity contribution in [1.82, 2.24) is 4.90 Å². The Morgan fingerprint density at radius 1 is 0.872 bits per heavy atom. The van der Waals surface area contributed by atoms with Crippen LogP contribution in [-0.2, 0) is 0 Å². The lowest BCUT2D eigenvalue weighted by Crippen LogP contribution is -2.30. The summed E-state index contributed by atoms with van der Waals surface area (Å²) in [4.78, 5) is 17.5. The first kappa shape index (κ1) is 28.2. The molecular weight excluding hydrogens is 488 g/mol. The number of rotatable bonds is 13. The van der Waals surface area contributed by atoms with E-state index in [9.17, 15) is 9.90 Å². The second-order valence-corrected chi connectivity index (χ2v) is 10.2. The van der Waals surface area contributed by atoms with Crippen LogP contribution in [0.2, 0.25) is 0 Å².